The second-order valence-electron chi connectivity index (χ2n) is 2.83. The van der Waals surface area contributed by atoms with Crippen LogP contribution >= 0.6 is 0 Å². The Balaban J connectivity index is 3.61. The van der Waals surface area contributed by atoms with Crippen molar-refractivity contribution in [2.24, 2.45) is 0 Å². The second-order valence-corrected chi connectivity index (χ2v) is 2.83. The molecule has 6 nitrogen and oxygen atoms in total. The summed E-state index contributed by atoms with van der Waals surface area (Å²) in [6.07, 6.45) is 0. The molecule has 0 aromatic heterocycles. The molecule has 1 aromatic carbocycles. The topological polar surface area (TPSA) is 77.4 Å². The van der Waals surface area contributed by atoms with Gasteiger partial charge in [-0.3, -0.25) is 0 Å². The van der Waals surface area contributed by atoms with E-state index in [2.05, 4.69) is 0 Å². The molecule has 0 bridgehead atoms. The molecular formula is C10H14O6. The number of methoxy groups -OCH3 is 4. The van der Waals surface area contributed by atoms with Crippen molar-refractivity contribution in [1.82, 2.24) is 0 Å². The van der Waals surface area contributed by atoms with Crippen LogP contribution in [0.4, 0.5) is 0 Å². The Hall–Kier alpha value is -1.98. The summed E-state index contributed by atoms with van der Waals surface area (Å²) in [5, 5.41) is 19.5. The van der Waals surface area contributed by atoms with Gasteiger partial charge in [-0.15, -0.1) is 0 Å². The van der Waals surface area contributed by atoms with Crippen LogP contribution in [-0.2, 0) is 0 Å². The Morgan fingerprint density at radius 1 is 0.562 bits per heavy atom. The lowest BCUT2D eigenvalue weighted by atomic mass is 10.2. The lowest BCUT2D eigenvalue weighted by Crippen LogP contribution is -1.98. The van der Waals surface area contributed by atoms with E-state index >= 15 is 0 Å². The number of ether oxygens (including phenoxy) is 4. The predicted molar refractivity (Wildman–Crippen MR) is 56.0 cm³/mol. The molecule has 6 heteroatoms. The maximum atomic E-state index is 9.76. The Bertz CT molecular complexity index is 356. The number of phenolic OH excluding ortho intramolecular Hbond substituents is 2. The molecule has 1 aromatic rings. The van der Waals surface area contributed by atoms with Crippen molar-refractivity contribution in [3.05, 3.63) is 0 Å². The van der Waals surface area contributed by atoms with Crippen LogP contribution in [0.1, 0.15) is 0 Å². The third-order valence-corrected chi connectivity index (χ3v) is 2.09. The summed E-state index contributed by atoms with van der Waals surface area (Å²) in [6, 6.07) is 0. The summed E-state index contributed by atoms with van der Waals surface area (Å²) < 4.78 is 19.8. The Kier molecular flexibility index (Phi) is 3.55. The van der Waals surface area contributed by atoms with Crippen LogP contribution in [0.3, 0.4) is 0 Å². The van der Waals surface area contributed by atoms with Gasteiger partial charge in [-0.2, -0.15) is 0 Å². The molecule has 90 valence electrons. The fourth-order valence-corrected chi connectivity index (χ4v) is 1.39. The molecule has 0 spiro atoms. The average Bonchev–Trinajstić information content (AvgIpc) is 2.29. The summed E-state index contributed by atoms with van der Waals surface area (Å²) in [4.78, 5) is 0. The maximum Gasteiger partial charge on any atom is 0.211 e. The van der Waals surface area contributed by atoms with Gasteiger partial charge in [-0.05, 0) is 0 Å². The monoisotopic (exact) mass is 230 g/mol. The molecule has 1 rings (SSSR count). The van der Waals surface area contributed by atoms with E-state index in [0.29, 0.717) is 0 Å². The van der Waals surface area contributed by atoms with Crippen LogP contribution in [0.25, 0.3) is 0 Å². The minimum Gasteiger partial charge on any atom is -0.501 e. The van der Waals surface area contributed by atoms with E-state index in [1.807, 2.05) is 0 Å². The van der Waals surface area contributed by atoms with Gasteiger partial charge in [0.15, 0.2) is 0 Å². The third-order valence-electron chi connectivity index (χ3n) is 2.09. The molecule has 0 aliphatic carbocycles. The van der Waals surface area contributed by atoms with Gasteiger partial charge in [0.1, 0.15) is 0 Å². The van der Waals surface area contributed by atoms with E-state index in [9.17, 15) is 10.2 Å². The largest absolute Gasteiger partial charge is 0.501 e. The Labute approximate surface area is 92.9 Å². The molecule has 0 saturated carbocycles. The van der Waals surface area contributed by atoms with E-state index in [1.165, 1.54) is 28.4 Å². The number of benzene rings is 1. The fourth-order valence-electron chi connectivity index (χ4n) is 1.39. The van der Waals surface area contributed by atoms with Crippen molar-refractivity contribution in [2.45, 2.75) is 0 Å². The minimum atomic E-state index is -0.347. The first-order valence-corrected chi connectivity index (χ1v) is 4.40. The Morgan fingerprint density at radius 3 is 1.12 bits per heavy atom. The first kappa shape index (κ1) is 12.1. The first-order chi connectivity index (χ1) is 7.62. The molecule has 0 unspecified atom stereocenters. The highest BCUT2D eigenvalue weighted by atomic mass is 16.5. The predicted octanol–water partition coefficient (Wildman–Crippen LogP) is 1.13. The van der Waals surface area contributed by atoms with Crippen LogP contribution in [-0.4, -0.2) is 38.7 Å². The highest BCUT2D eigenvalue weighted by Crippen LogP contribution is 2.56. The standard InChI is InChI=1S/C10H14O6/c1-13-7-5(11)8(14-2)10(16-4)9(15-3)6(7)12/h11-12H,1-4H3. The molecule has 0 amide bonds. The van der Waals surface area contributed by atoms with Crippen LogP contribution in [0, 0.1) is 0 Å². The lowest BCUT2D eigenvalue weighted by molar-refractivity contribution is 0.278. The number of hydrogen-bond acceptors (Lipinski definition) is 6. The SMILES string of the molecule is COc1c(O)c(OC)c(OC)c(OC)c1O. The maximum absolute atomic E-state index is 9.76. The quantitative estimate of drug-likeness (QED) is 0.807. The molecule has 16 heavy (non-hydrogen) atoms. The summed E-state index contributed by atoms with van der Waals surface area (Å²) in [7, 11) is 5.38. The van der Waals surface area contributed by atoms with Crippen molar-refractivity contribution >= 4 is 0 Å². The number of aromatic hydroxyl groups is 2. The molecule has 0 aliphatic heterocycles. The summed E-state index contributed by atoms with van der Waals surface area (Å²) in [6.45, 7) is 0. The minimum absolute atomic E-state index is 0.0361. The van der Waals surface area contributed by atoms with Gasteiger partial charge in [0.25, 0.3) is 0 Å². The zero-order chi connectivity index (χ0) is 12.3. The highest BCUT2D eigenvalue weighted by Gasteiger charge is 2.26. The van der Waals surface area contributed by atoms with E-state index < -0.39 is 0 Å². The average molecular weight is 230 g/mol. The first-order valence-electron chi connectivity index (χ1n) is 4.40. The zero-order valence-corrected chi connectivity index (χ0v) is 9.53. The number of rotatable bonds is 4. The molecule has 0 aliphatic rings. The van der Waals surface area contributed by atoms with Crippen LogP contribution < -0.4 is 18.9 Å². The van der Waals surface area contributed by atoms with Gasteiger partial charge < -0.3 is 29.2 Å². The number of phenols is 2. The normalized spacial score (nSPS) is 9.75. The molecular weight excluding hydrogens is 216 g/mol. The number of hydrogen-bond donors (Lipinski definition) is 2. The van der Waals surface area contributed by atoms with E-state index in [0.717, 1.165) is 0 Å². The summed E-state index contributed by atoms with van der Waals surface area (Å²) in [5.41, 5.74) is 0. The van der Waals surface area contributed by atoms with Gasteiger partial charge in [0.2, 0.25) is 34.5 Å². The molecule has 0 atom stereocenters. The molecule has 0 saturated heterocycles. The van der Waals surface area contributed by atoms with Crippen LogP contribution in [0.2, 0.25) is 0 Å². The van der Waals surface area contributed by atoms with Gasteiger partial charge in [-0.25, -0.2) is 0 Å². The zero-order valence-electron chi connectivity index (χ0n) is 9.53. The van der Waals surface area contributed by atoms with Gasteiger partial charge in [-0.1, -0.05) is 0 Å². The third kappa shape index (κ3) is 1.62. The van der Waals surface area contributed by atoms with E-state index in [1.54, 1.807) is 0 Å². The van der Waals surface area contributed by atoms with Crippen molar-refractivity contribution in [2.75, 3.05) is 28.4 Å². The fraction of sp³-hybridized carbons (Fsp3) is 0.400. The smallest absolute Gasteiger partial charge is 0.211 e. The molecule has 2 N–H and O–H groups in total. The van der Waals surface area contributed by atoms with Crippen molar-refractivity contribution in [3.63, 3.8) is 0 Å². The summed E-state index contributed by atoms with van der Waals surface area (Å²) >= 11 is 0. The molecule has 0 fully saturated rings. The summed E-state index contributed by atoms with van der Waals surface area (Å²) in [5.74, 6) is -0.654. The van der Waals surface area contributed by atoms with Gasteiger partial charge in [0, 0.05) is 0 Å². The van der Waals surface area contributed by atoms with Crippen molar-refractivity contribution in [3.8, 4) is 34.5 Å². The second kappa shape index (κ2) is 4.69. The van der Waals surface area contributed by atoms with Gasteiger partial charge in [0.05, 0.1) is 28.4 Å². The molecule has 0 heterocycles. The van der Waals surface area contributed by atoms with E-state index in [4.69, 9.17) is 18.9 Å². The van der Waals surface area contributed by atoms with Gasteiger partial charge >= 0.3 is 0 Å². The van der Waals surface area contributed by atoms with E-state index in [-0.39, 0.29) is 34.5 Å². The Morgan fingerprint density at radius 2 is 0.875 bits per heavy atom. The molecule has 0 radical (unpaired) electrons. The highest BCUT2D eigenvalue weighted by molar-refractivity contribution is 5.72. The van der Waals surface area contributed by atoms with Crippen molar-refractivity contribution < 1.29 is 29.2 Å². The van der Waals surface area contributed by atoms with Crippen LogP contribution in [0.15, 0.2) is 0 Å². The lowest BCUT2D eigenvalue weighted by Gasteiger charge is -2.17. The van der Waals surface area contributed by atoms with Crippen molar-refractivity contribution in [1.29, 1.82) is 0 Å². The van der Waals surface area contributed by atoms with Crippen LogP contribution in [0.5, 0.6) is 34.5 Å².